The lowest BCUT2D eigenvalue weighted by Gasteiger charge is -2.15. The van der Waals surface area contributed by atoms with E-state index in [-0.39, 0.29) is 16.5 Å². The first-order chi connectivity index (χ1) is 15.3. The minimum Gasteiger partial charge on any atom is -0.497 e. The van der Waals surface area contributed by atoms with Crippen molar-refractivity contribution in [1.29, 1.82) is 0 Å². The third-order valence-electron chi connectivity index (χ3n) is 4.19. The largest absolute Gasteiger partial charge is 0.497 e. The van der Waals surface area contributed by atoms with Gasteiger partial charge in [0.2, 0.25) is 6.04 Å². The highest BCUT2D eigenvalue weighted by molar-refractivity contribution is 6.34. The van der Waals surface area contributed by atoms with Gasteiger partial charge in [0.15, 0.2) is 5.78 Å². The third kappa shape index (κ3) is 6.34. The highest BCUT2D eigenvalue weighted by atomic mass is 35.5. The number of rotatable bonds is 11. The molecule has 1 N–H and O–H groups in total. The molecule has 0 spiro atoms. The summed E-state index contributed by atoms with van der Waals surface area (Å²) in [5, 5.41) is 10.8. The molecule has 0 saturated carbocycles. The van der Waals surface area contributed by atoms with Gasteiger partial charge in [-0.2, -0.15) is 10.2 Å². The summed E-state index contributed by atoms with van der Waals surface area (Å²) >= 11 is 6.25. The van der Waals surface area contributed by atoms with E-state index >= 15 is 0 Å². The van der Waals surface area contributed by atoms with E-state index in [4.69, 9.17) is 30.5 Å². The highest BCUT2D eigenvalue weighted by Crippen LogP contribution is 2.37. The topological polar surface area (TPSA) is 108 Å². The number of nitrogens with one attached hydrogen (secondary N) is 1. The van der Waals surface area contributed by atoms with Gasteiger partial charge in [-0.1, -0.05) is 11.6 Å². The maximum absolute atomic E-state index is 12.8. The molecule has 10 heteroatoms. The Bertz CT molecular complexity index is 996. The number of benzene rings is 2. The van der Waals surface area contributed by atoms with Gasteiger partial charge in [0.1, 0.15) is 34.4 Å². The number of hydrogen-bond acceptors (Lipinski definition) is 8. The van der Waals surface area contributed by atoms with Crippen LogP contribution in [0.1, 0.15) is 20.8 Å². The number of ether oxygens (including phenoxy) is 4. The molecule has 0 bridgehead atoms. The molecule has 0 heterocycles. The van der Waals surface area contributed by atoms with Crippen LogP contribution >= 0.6 is 11.6 Å². The number of nitrogens with zero attached hydrogens (tertiary/aromatic N) is 2. The standard InChI is InChI=1S/C22H26ClN3O6/c1-6-31-14-8-9-17(18(11-14)32-7-2)25-26-20(13(3)27)22(28)24-21-16(23)10-15(29-4)12-19(21)30-5/h8-12,20H,6-7H2,1-5H3,(H,24,28). The molecule has 0 aliphatic carbocycles. The molecule has 0 saturated heterocycles. The van der Waals surface area contributed by atoms with Crippen LogP contribution in [0, 0.1) is 0 Å². The van der Waals surface area contributed by atoms with Crippen LogP contribution in [0.15, 0.2) is 40.6 Å². The summed E-state index contributed by atoms with van der Waals surface area (Å²) in [5.41, 5.74) is 0.548. The molecule has 0 aliphatic rings. The predicted octanol–water partition coefficient (Wildman–Crippen LogP) is 4.83. The quantitative estimate of drug-likeness (QED) is 0.377. The van der Waals surface area contributed by atoms with Crippen LogP contribution in [0.3, 0.4) is 0 Å². The van der Waals surface area contributed by atoms with Gasteiger partial charge in [0, 0.05) is 18.2 Å². The Morgan fingerprint density at radius 2 is 1.69 bits per heavy atom. The Morgan fingerprint density at radius 1 is 1.00 bits per heavy atom. The fraction of sp³-hybridized carbons (Fsp3) is 0.364. The second-order valence-corrected chi connectivity index (χ2v) is 6.81. The van der Waals surface area contributed by atoms with E-state index in [1.54, 1.807) is 24.3 Å². The third-order valence-corrected chi connectivity index (χ3v) is 4.49. The summed E-state index contributed by atoms with van der Waals surface area (Å²) in [6.07, 6.45) is 0. The first-order valence-corrected chi connectivity index (χ1v) is 10.3. The summed E-state index contributed by atoms with van der Waals surface area (Å²) < 4.78 is 21.4. The van der Waals surface area contributed by atoms with Crippen molar-refractivity contribution < 1.29 is 28.5 Å². The molecule has 32 heavy (non-hydrogen) atoms. The van der Waals surface area contributed by atoms with E-state index in [2.05, 4.69) is 15.5 Å². The van der Waals surface area contributed by atoms with Crippen molar-refractivity contribution in [3.63, 3.8) is 0 Å². The molecule has 172 valence electrons. The fourth-order valence-electron chi connectivity index (χ4n) is 2.69. The van der Waals surface area contributed by atoms with Crippen molar-refractivity contribution in [2.75, 3.05) is 32.8 Å². The summed E-state index contributed by atoms with van der Waals surface area (Å²) in [6.45, 7) is 5.83. The maximum atomic E-state index is 12.8. The Labute approximate surface area is 191 Å². The van der Waals surface area contributed by atoms with E-state index in [0.29, 0.717) is 36.1 Å². The van der Waals surface area contributed by atoms with Gasteiger partial charge < -0.3 is 24.3 Å². The molecule has 2 rings (SSSR count). The fourth-order valence-corrected chi connectivity index (χ4v) is 2.94. The van der Waals surface area contributed by atoms with Crippen molar-refractivity contribution in [3.8, 4) is 23.0 Å². The van der Waals surface area contributed by atoms with Crippen LogP contribution in [-0.2, 0) is 9.59 Å². The van der Waals surface area contributed by atoms with Gasteiger partial charge in [-0.25, -0.2) is 0 Å². The first-order valence-electron chi connectivity index (χ1n) is 9.87. The molecule has 1 atom stereocenters. The van der Waals surface area contributed by atoms with Crippen molar-refractivity contribution in [2.45, 2.75) is 26.8 Å². The van der Waals surface area contributed by atoms with Crippen molar-refractivity contribution in [3.05, 3.63) is 35.4 Å². The number of Topliss-reactive ketones (excluding diaryl/α,β-unsaturated/α-hetero) is 1. The second kappa shape index (κ2) is 11.9. The molecule has 0 aliphatic heterocycles. The number of carbonyl (C=O) groups is 2. The SMILES string of the molecule is CCOc1ccc(N=NC(C(C)=O)C(=O)Nc2c(Cl)cc(OC)cc2OC)c(OCC)c1. The van der Waals surface area contributed by atoms with Crippen molar-refractivity contribution in [1.82, 2.24) is 0 Å². The Balaban J connectivity index is 2.31. The zero-order valence-corrected chi connectivity index (χ0v) is 19.4. The minimum atomic E-state index is -1.40. The van der Waals surface area contributed by atoms with Crippen LogP contribution in [-0.4, -0.2) is 45.2 Å². The summed E-state index contributed by atoms with van der Waals surface area (Å²) in [7, 11) is 2.90. The van der Waals surface area contributed by atoms with Gasteiger partial charge in [-0.3, -0.25) is 9.59 Å². The average molecular weight is 464 g/mol. The number of ketones is 1. The van der Waals surface area contributed by atoms with Gasteiger partial charge in [0.25, 0.3) is 5.91 Å². The Hall–Kier alpha value is -3.33. The van der Waals surface area contributed by atoms with Crippen molar-refractivity contribution >= 4 is 34.7 Å². The van der Waals surface area contributed by atoms with Crippen LogP contribution in [0.25, 0.3) is 0 Å². The number of anilines is 1. The normalized spacial score (nSPS) is 11.7. The number of amides is 1. The lowest BCUT2D eigenvalue weighted by molar-refractivity contribution is -0.126. The molecule has 0 fully saturated rings. The van der Waals surface area contributed by atoms with E-state index in [1.165, 1.54) is 27.2 Å². The Kier molecular flexibility index (Phi) is 9.27. The van der Waals surface area contributed by atoms with Crippen LogP contribution in [0.4, 0.5) is 11.4 Å². The lowest BCUT2D eigenvalue weighted by atomic mass is 10.2. The number of halogens is 1. The molecular formula is C22H26ClN3O6. The zero-order valence-electron chi connectivity index (χ0n) is 18.6. The summed E-state index contributed by atoms with van der Waals surface area (Å²) in [5.74, 6) is 0.537. The van der Waals surface area contributed by atoms with Gasteiger partial charge in [0.05, 0.1) is 32.5 Å². The monoisotopic (exact) mass is 463 g/mol. The van der Waals surface area contributed by atoms with Crippen molar-refractivity contribution in [2.24, 2.45) is 10.2 Å². The number of azo groups is 1. The molecule has 9 nitrogen and oxygen atoms in total. The molecule has 0 radical (unpaired) electrons. The molecule has 1 unspecified atom stereocenters. The van der Waals surface area contributed by atoms with Crippen LogP contribution in [0.5, 0.6) is 23.0 Å². The summed E-state index contributed by atoms with van der Waals surface area (Å²) in [4.78, 5) is 25.0. The second-order valence-electron chi connectivity index (χ2n) is 6.40. The minimum absolute atomic E-state index is 0.180. The van der Waals surface area contributed by atoms with E-state index in [9.17, 15) is 9.59 Å². The molecule has 2 aromatic rings. The zero-order chi connectivity index (χ0) is 23.7. The van der Waals surface area contributed by atoms with E-state index in [1.807, 2.05) is 13.8 Å². The van der Waals surface area contributed by atoms with Gasteiger partial charge >= 0.3 is 0 Å². The van der Waals surface area contributed by atoms with Crippen LogP contribution in [0.2, 0.25) is 5.02 Å². The highest BCUT2D eigenvalue weighted by Gasteiger charge is 2.25. The molecule has 2 aromatic carbocycles. The first kappa shape index (κ1) is 24.9. The van der Waals surface area contributed by atoms with E-state index in [0.717, 1.165) is 0 Å². The van der Waals surface area contributed by atoms with Crippen LogP contribution < -0.4 is 24.3 Å². The average Bonchev–Trinajstić information content (AvgIpc) is 2.76. The summed E-state index contributed by atoms with van der Waals surface area (Å²) in [6, 6.07) is 6.67. The van der Waals surface area contributed by atoms with E-state index < -0.39 is 17.7 Å². The maximum Gasteiger partial charge on any atom is 0.258 e. The molecular weight excluding hydrogens is 438 g/mol. The van der Waals surface area contributed by atoms with Gasteiger partial charge in [-0.15, -0.1) is 0 Å². The molecule has 0 aromatic heterocycles. The lowest BCUT2D eigenvalue weighted by Crippen LogP contribution is -2.32. The number of hydrogen-bond donors (Lipinski definition) is 1. The number of carbonyl (C=O) groups excluding carboxylic acids is 2. The Morgan fingerprint density at radius 3 is 2.28 bits per heavy atom. The molecule has 1 amide bonds. The predicted molar refractivity (Wildman–Crippen MR) is 121 cm³/mol. The number of methoxy groups -OCH3 is 2. The van der Waals surface area contributed by atoms with Gasteiger partial charge in [-0.05, 0) is 32.9 Å². The smallest absolute Gasteiger partial charge is 0.258 e.